The first-order valence-electron chi connectivity index (χ1n) is 8.23. The van der Waals surface area contributed by atoms with E-state index in [0.717, 1.165) is 28.6 Å². The van der Waals surface area contributed by atoms with Crippen LogP contribution in [0.3, 0.4) is 0 Å². The molecule has 128 valence electrons. The number of urea groups is 1. The fraction of sp³-hybridized carbons (Fsp3) is 0.211. The Kier molecular flexibility index (Phi) is 5.09. The Morgan fingerprint density at radius 2 is 1.96 bits per heavy atom. The number of benzene rings is 1. The molecule has 3 N–H and O–H groups in total. The van der Waals surface area contributed by atoms with Crippen molar-refractivity contribution in [3.05, 3.63) is 60.0 Å². The SMILES string of the molecule is CCNC(=O)Nc1cc2cc(NCc3ccncc3)cc(C)c2cn1. The van der Waals surface area contributed by atoms with Crippen LogP contribution >= 0.6 is 0 Å². The normalized spacial score (nSPS) is 10.5. The van der Waals surface area contributed by atoms with Gasteiger partial charge >= 0.3 is 6.03 Å². The molecule has 0 aliphatic rings. The average Bonchev–Trinajstić information content (AvgIpc) is 2.61. The van der Waals surface area contributed by atoms with Crippen molar-refractivity contribution in [2.24, 2.45) is 0 Å². The number of aromatic nitrogens is 2. The van der Waals surface area contributed by atoms with Crippen LogP contribution in [0.25, 0.3) is 10.8 Å². The number of hydrogen-bond acceptors (Lipinski definition) is 4. The first-order chi connectivity index (χ1) is 12.2. The van der Waals surface area contributed by atoms with Crippen LogP contribution in [-0.2, 0) is 6.54 Å². The quantitative estimate of drug-likeness (QED) is 0.664. The molecule has 1 aromatic carbocycles. The molecule has 6 nitrogen and oxygen atoms in total. The summed E-state index contributed by atoms with van der Waals surface area (Å²) in [4.78, 5) is 20.0. The molecule has 6 heteroatoms. The molecular weight excluding hydrogens is 314 g/mol. The lowest BCUT2D eigenvalue weighted by Gasteiger charge is -2.11. The molecule has 0 atom stereocenters. The number of amides is 2. The van der Waals surface area contributed by atoms with Crippen LogP contribution in [0.4, 0.5) is 16.3 Å². The highest BCUT2D eigenvalue weighted by atomic mass is 16.2. The topological polar surface area (TPSA) is 78.9 Å². The number of nitrogens with one attached hydrogen (secondary N) is 3. The molecule has 0 fully saturated rings. The maximum Gasteiger partial charge on any atom is 0.320 e. The fourth-order valence-electron chi connectivity index (χ4n) is 2.64. The minimum atomic E-state index is -0.252. The van der Waals surface area contributed by atoms with Crippen molar-refractivity contribution in [3.63, 3.8) is 0 Å². The molecular formula is C19H21N5O. The van der Waals surface area contributed by atoms with Crippen molar-refractivity contribution in [1.82, 2.24) is 15.3 Å². The average molecular weight is 335 g/mol. The van der Waals surface area contributed by atoms with Crippen molar-refractivity contribution in [2.75, 3.05) is 17.2 Å². The lowest BCUT2D eigenvalue weighted by Crippen LogP contribution is -2.28. The summed E-state index contributed by atoms with van der Waals surface area (Å²) in [6.45, 7) is 5.22. The number of pyridine rings is 2. The molecule has 3 aromatic rings. The second-order valence-electron chi connectivity index (χ2n) is 5.78. The van der Waals surface area contributed by atoms with E-state index in [4.69, 9.17) is 0 Å². The molecule has 3 rings (SSSR count). The molecule has 0 radical (unpaired) electrons. The summed E-state index contributed by atoms with van der Waals surface area (Å²) >= 11 is 0. The Balaban J connectivity index is 1.81. The lowest BCUT2D eigenvalue weighted by molar-refractivity contribution is 0.252. The van der Waals surface area contributed by atoms with Crippen LogP contribution in [-0.4, -0.2) is 22.5 Å². The Morgan fingerprint density at radius 3 is 2.72 bits per heavy atom. The lowest BCUT2D eigenvalue weighted by atomic mass is 10.1. The molecule has 0 saturated carbocycles. The number of aryl methyl sites for hydroxylation is 1. The fourth-order valence-corrected chi connectivity index (χ4v) is 2.64. The van der Waals surface area contributed by atoms with Gasteiger partial charge in [-0.25, -0.2) is 9.78 Å². The van der Waals surface area contributed by atoms with Gasteiger partial charge in [-0.2, -0.15) is 0 Å². The maximum atomic E-state index is 11.7. The van der Waals surface area contributed by atoms with Gasteiger partial charge in [-0.15, -0.1) is 0 Å². The standard InChI is InChI=1S/C19H21N5O/c1-3-21-19(25)24-18-10-15-9-16(8-13(2)17(15)12-23-18)22-11-14-4-6-20-7-5-14/h4-10,12,22H,3,11H2,1-2H3,(H2,21,23,24,25). The number of rotatable bonds is 5. The smallest absolute Gasteiger partial charge is 0.320 e. The molecule has 0 unspecified atom stereocenters. The van der Waals surface area contributed by atoms with Gasteiger partial charge in [0.25, 0.3) is 0 Å². The minimum Gasteiger partial charge on any atom is -0.381 e. The van der Waals surface area contributed by atoms with Crippen LogP contribution in [0.2, 0.25) is 0 Å². The molecule has 2 heterocycles. The largest absolute Gasteiger partial charge is 0.381 e. The summed E-state index contributed by atoms with van der Waals surface area (Å²) in [5.41, 5.74) is 3.32. The van der Waals surface area contributed by atoms with E-state index in [0.29, 0.717) is 12.4 Å². The second kappa shape index (κ2) is 7.61. The Morgan fingerprint density at radius 1 is 1.16 bits per heavy atom. The van der Waals surface area contributed by atoms with E-state index < -0.39 is 0 Å². The third kappa shape index (κ3) is 4.23. The Labute approximate surface area is 146 Å². The van der Waals surface area contributed by atoms with E-state index in [1.54, 1.807) is 18.6 Å². The molecule has 2 amide bonds. The number of carbonyl (C=O) groups is 1. The number of anilines is 2. The van der Waals surface area contributed by atoms with Crippen LogP contribution in [0.1, 0.15) is 18.1 Å². The molecule has 0 bridgehead atoms. The maximum absolute atomic E-state index is 11.7. The Hall–Kier alpha value is -3.15. The number of hydrogen-bond donors (Lipinski definition) is 3. The number of fused-ring (bicyclic) bond motifs is 1. The van der Waals surface area contributed by atoms with Crippen molar-refractivity contribution >= 4 is 28.3 Å². The molecule has 25 heavy (non-hydrogen) atoms. The highest BCUT2D eigenvalue weighted by Crippen LogP contribution is 2.25. The predicted molar refractivity (Wildman–Crippen MR) is 101 cm³/mol. The van der Waals surface area contributed by atoms with E-state index in [2.05, 4.69) is 45.0 Å². The molecule has 0 aliphatic carbocycles. The van der Waals surface area contributed by atoms with Gasteiger partial charge < -0.3 is 10.6 Å². The van der Waals surface area contributed by atoms with Gasteiger partial charge in [0.05, 0.1) is 0 Å². The minimum absolute atomic E-state index is 0.252. The summed E-state index contributed by atoms with van der Waals surface area (Å²) in [5.74, 6) is 0.532. The van der Waals surface area contributed by atoms with Crippen LogP contribution in [0.5, 0.6) is 0 Å². The van der Waals surface area contributed by atoms with Gasteiger partial charge in [0.15, 0.2) is 0 Å². The van der Waals surface area contributed by atoms with Gasteiger partial charge in [-0.05, 0) is 60.7 Å². The van der Waals surface area contributed by atoms with Crippen LogP contribution in [0, 0.1) is 6.92 Å². The van der Waals surface area contributed by atoms with Gasteiger partial charge in [-0.1, -0.05) is 0 Å². The first-order valence-corrected chi connectivity index (χ1v) is 8.23. The molecule has 0 spiro atoms. The van der Waals surface area contributed by atoms with Crippen molar-refractivity contribution in [2.45, 2.75) is 20.4 Å². The van der Waals surface area contributed by atoms with E-state index in [-0.39, 0.29) is 6.03 Å². The molecule has 0 saturated heterocycles. The van der Waals surface area contributed by atoms with Gasteiger partial charge in [0.2, 0.25) is 0 Å². The highest BCUT2D eigenvalue weighted by molar-refractivity contribution is 5.94. The van der Waals surface area contributed by atoms with Gasteiger partial charge in [0.1, 0.15) is 5.82 Å². The van der Waals surface area contributed by atoms with E-state index >= 15 is 0 Å². The summed E-state index contributed by atoms with van der Waals surface area (Å²) < 4.78 is 0. The van der Waals surface area contributed by atoms with Crippen LogP contribution < -0.4 is 16.0 Å². The highest BCUT2D eigenvalue weighted by Gasteiger charge is 2.06. The monoisotopic (exact) mass is 335 g/mol. The summed E-state index contributed by atoms with van der Waals surface area (Å²) in [7, 11) is 0. The van der Waals surface area contributed by atoms with Gasteiger partial charge in [-0.3, -0.25) is 10.3 Å². The zero-order chi connectivity index (χ0) is 17.6. The predicted octanol–water partition coefficient (Wildman–Crippen LogP) is 3.69. The summed E-state index contributed by atoms with van der Waals surface area (Å²) in [6.07, 6.45) is 5.36. The van der Waals surface area contributed by atoms with Crippen LogP contribution in [0.15, 0.2) is 48.9 Å². The van der Waals surface area contributed by atoms with E-state index in [9.17, 15) is 4.79 Å². The molecule has 2 aromatic heterocycles. The van der Waals surface area contributed by atoms with Crippen molar-refractivity contribution < 1.29 is 4.79 Å². The summed E-state index contributed by atoms with van der Waals surface area (Å²) in [5, 5.41) is 11.0. The first kappa shape index (κ1) is 16.7. The van der Waals surface area contributed by atoms with E-state index in [1.807, 2.05) is 25.1 Å². The third-order valence-electron chi connectivity index (χ3n) is 3.87. The number of carbonyl (C=O) groups excluding carboxylic acids is 1. The zero-order valence-electron chi connectivity index (χ0n) is 14.3. The second-order valence-corrected chi connectivity index (χ2v) is 5.78. The third-order valence-corrected chi connectivity index (χ3v) is 3.87. The van der Waals surface area contributed by atoms with Gasteiger partial charge in [0, 0.05) is 42.8 Å². The van der Waals surface area contributed by atoms with E-state index in [1.165, 1.54) is 5.56 Å². The van der Waals surface area contributed by atoms with Crippen molar-refractivity contribution in [3.8, 4) is 0 Å². The zero-order valence-corrected chi connectivity index (χ0v) is 14.3. The molecule has 0 aliphatic heterocycles. The number of nitrogens with zero attached hydrogens (tertiary/aromatic N) is 2. The van der Waals surface area contributed by atoms with Crippen molar-refractivity contribution in [1.29, 1.82) is 0 Å². The Bertz CT molecular complexity index is 880. The summed E-state index contributed by atoms with van der Waals surface area (Å²) in [6, 6.07) is 9.77.